The predicted octanol–water partition coefficient (Wildman–Crippen LogP) is 15.9. The molecule has 0 saturated carbocycles. The van der Waals surface area contributed by atoms with E-state index in [4.69, 9.17) is 51.6 Å². The Hall–Kier alpha value is -4.87. The fourth-order valence-corrected chi connectivity index (χ4v) is 8.95. The number of halogens is 3. The third-order valence-electron chi connectivity index (χ3n) is 12.1. The Bertz CT molecular complexity index is 2340. The molecule has 0 bridgehead atoms. The summed E-state index contributed by atoms with van der Waals surface area (Å²) < 4.78 is 35.0. The quantitative estimate of drug-likeness (QED) is 0.0633. The first-order chi connectivity index (χ1) is 33.7. The van der Waals surface area contributed by atoms with E-state index in [2.05, 4.69) is 35.0 Å². The summed E-state index contributed by atoms with van der Waals surface area (Å²) >= 11 is 14.7. The van der Waals surface area contributed by atoms with Gasteiger partial charge in [0.05, 0.1) is 25.0 Å². The molecule has 8 nitrogen and oxygen atoms in total. The molecule has 0 aromatic heterocycles. The molecule has 8 rings (SSSR count). The van der Waals surface area contributed by atoms with Crippen molar-refractivity contribution in [2.24, 2.45) is 0 Å². The van der Waals surface area contributed by atoms with Crippen LogP contribution in [0.15, 0.2) is 162 Å². The van der Waals surface area contributed by atoms with Crippen molar-refractivity contribution in [1.29, 1.82) is 0 Å². The number of carbonyl (C=O) groups excluding carboxylic acids is 1. The van der Waals surface area contributed by atoms with Crippen molar-refractivity contribution in [2.45, 2.75) is 110 Å². The van der Waals surface area contributed by atoms with Crippen molar-refractivity contribution < 1.29 is 38.3 Å². The van der Waals surface area contributed by atoms with Gasteiger partial charge in [-0.15, -0.1) is 23.2 Å². The zero-order valence-corrected chi connectivity index (χ0v) is 42.8. The molecule has 0 spiro atoms. The highest BCUT2D eigenvalue weighted by molar-refractivity contribution is 9.10. The van der Waals surface area contributed by atoms with Gasteiger partial charge < -0.3 is 33.5 Å². The van der Waals surface area contributed by atoms with Crippen LogP contribution in [0.25, 0.3) is 0 Å². The number of hydrogen-bond donors (Lipinski definition) is 1. The zero-order chi connectivity index (χ0) is 48.7. The lowest BCUT2D eigenvalue weighted by Gasteiger charge is -2.37. The molecule has 0 radical (unpaired) electrons. The lowest BCUT2D eigenvalue weighted by molar-refractivity contribution is -0.106. The largest absolute Gasteiger partial charge is 0.492 e. The Balaban J connectivity index is 0.000000252. The van der Waals surface area contributed by atoms with Crippen molar-refractivity contribution in [1.82, 2.24) is 0 Å². The standard InChI is InChI=1S/C29H33ClO4.C18H19ClO2.C11H13BrO2.2CH4/c1-2-27(22-8-4-3-5-9-22)29(31,23-11-15-25(16-12-23)32-21-19-30)24-13-17-26(18-14-24)34-28-10-6-7-20-33-28;1-2-17(14-6-4-3-5-7-14)18(20)15-8-10-16(11-9-15)21-13-12-19;12-9-4-6-10(7-5-9)14-11-3-1-2-8-13-11;;/h3-5,8-9,11-18,27-28,31H,2,6-7,10,19-21H2,1H3;3-11,17H,2,12-13H2,1H3;4-7,11H,1-3,8H2;2*1H4. The van der Waals surface area contributed by atoms with Gasteiger partial charge in [-0.05, 0) is 134 Å². The topological polar surface area (TPSA) is 92.7 Å². The van der Waals surface area contributed by atoms with E-state index in [0.29, 0.717) is 30.5 Å². The highest BCUT2D eigenvalue weighted by Gasteiger charge is 2.40. The first-order valence-electron chi connectivity index (χ1n) is 24.1. The van der Waals surface area contributed by atoms with Crippen LogP contribution in [0.3, 0.4) is 0 Å². The van der Waals surface area contributed by atoms with Crippen molar-refractivity contribution in [2.75, 3.05) is 38.2 Å². The number of Topliss-reactive ketones (excluding diaryl/α,β-unsaturated/α-hetero) is 1. The van der Waals surface area contributed by atoms with Crippen LogP contribution in [-0.4, -0.2) is 61.7 Å². The van der Waals surface area contributed by atoms with Crippen LogP contribution < -0.4 is 18.9 Å². The molecule has 6 aromatic rings. The van der Waals surface area contributed by atoms with Gasteiger partial charge in [0.1, 0.15) is 41.8 Å². The monoisotopic (exact) mass is 1070 g/mol. The number of hydrogen-bond acceptors (Lipinski definition) is 8. The molecule has 71 heavy (non-hydrogen) atoms. The number of ether oxygens (including phenoxy) is 6. The smallest absolute Gasteiger partial charge is 0.199 e. The van der Waals surface area contributed by atoms with Crippen molar-refractivity contribution in [3.63, 3.8) is 0 Å². The van der Waals surface area contributed by atoms with Gasteiger partial charge in [-0.25, -0.2) is 0 Å². The second-order valence-electron chi connectivity index (χ2n) is 16.8. The number of rotatable bonds is 19. The van der Waals surface area contributed by atoms with E-state index in [1.54, 1.807) is 0 Å². The normalized spacial score (nSPS) is 16.8. The van der Waals surface area contributed by atoms with Crippen molar-refractivity contribution in [3.05, 3.63) is 190 Å². The summed E-state index contributed by atoms with van der Waals surface area (Å²) in [5.74, 6) is 3.88. The van der Waals surface area contributed by atoms with Gasteiger partial charge in [0.15, 0.2) is 18.4 Å². The Morgan fingerprint density at radius 3 is 1.42 bits per heavy atom. The van der Waals surface area contributed by atoms with Crippen molar-refractivity contribution >= 4 is 44.9 Å². The molecule has 1 N–H and O–H groups in total. The van der Waals surface area contributed by atoms with E-state index in [9.17, 15) is 9.90 Å². The van der Waals surface area contributed by atoms with E-state index in [-0.39, 0.29) is 45.1 Å². The SMILES string of the molecule is Brc1ccc(OC2CCCCO2)cc1.C.C.CCC(C(=O)c1ccc(OCCCl)cc1)c1ccccc1.CCC(c1ccccc1)C(O)(c1ccc(OCCCl)cc1)c1ccc(OC2CCCCO2)cc1. The molecule has 2 aliphatic rings. The van der Waals surface area contributed by atoms with Gasteiger partial charge in [-0.1, -0.05) is 130 Å². The van der Waals surface area contributed by atoms with Crippen molar-refractivity contribution in [3.8, 4) is 23.0 Å². The van der Waals surface area contributed by atoms with Crippen LogP contribution >= 0.6 is 39.1 Å². The Morgan fingerprint density at radius 1 is 0.592 bits per heavy atom. The third-order valence-corrected chi connectivity index (χ3v) is 12.9. The number of ketones is 1. The minimum atomic E-state index is -1.24. The first-order valence-corrected chi connectivity index (χ1v) is 26.0. The average Bonchev–Trinajstić information content (AvgIpc) is 3.40. The average molecular weight is 1070 g/mol. The maximum atomic E-state index is 12.6. The Morgan fingerprint density at radius 2 is 1.01 bits per heavy atom. The zero-order valence-electron chi connectivity index (χ0n) is 39.7. The van der Waals surface area contributed by atoms with Gasteiger partial charge in [0.2, 0.25) is 0 Å². The molecule has 0 amide bonds. The summed E-state index contributed by atoms with van der Waals surface area (Å²) in [5, 5.41) is 12.4. The van der Waals surface area contributed by atoms with Gasteiger partial charge in [-0.2, -0.15) is 0 Å². The molecular formula is C60H73BrCl2O8. The van der Waals surface area contributed by atoms with Gasteiger partial charge in [0.25, 0.3) is 0 Å². The maximum Gasteiger partial charge on any atom is 0.199 e. The molecule has 5 unspecified atom stereocenters. The summed E-state index contributed by atoms with van der Waals surface area (Å²) in [5.41, 5.74) is 3.25. The van der Waals surface area contributed by atoms with E-state index in [1.165, 1.54) is 6.42 Å². The van der Waals surface area contributed by atoms with Gasteiger partial charge >= 0.3 is 0 Å². The molecule has 2 saturated heterocycles. The lowest BCUT2D eigenvalue weighted by atomic mass is 9.72. The van der Waals surface area contributed by atoms with E-state index in [1.807, 2.05) is 153 Å². The molecule has 382 valence electrons. The second-order valence-corrected chi connectivity index (χ2v) is 18.5. The molecule has 2 heterocycles. The van der Waals surface area contributed by atoms with Gasteiger partial charge in [0, 0.05) is 34.7 Å². The minimum Gasteiger partial charge on any atom is -0.492 e. The van der Waals surface area contributed by atoms with Crippen LogP contribution in [0.5, 0.6) is 23.0 Å². The fourth-order valence-electron chi connectivity index (χ4n) is 8.53. The number of carbonyl (C=O) groups is 1. The third kappa shape index (κ3) is 17.7. The first kappa shape index (κ1) is 58.7. The molecular weight excluding hydrogens is 999 g/mol. The van der Waals surface area contributed by atoms with Crippen LogP contribution in [0, 0.1) is 0 Å². The summed E-state index contributed by atoms with van der Waals surface area (Å²) in [6, 6.07) is 50.6. The fraction of sp³-hybridized carbons (Fsp3) is 0.383. The van der Waals surface area contributed by atoms with Crippen LogP contribution in [0.1, 0.15) is 125 Å². The number of alkyl halides is 2. The molecule has 0 aliphatic carbocycles. The molecule has 6 aromatic carbocycles. The summed E-state index contributed by atoms with van der Waals surface area (Å²) in [6.07, 6.45) is 7.73. The van der Waals surface area contributed by atoms with Gasteiger partial charge in [-0.3, -0.25) is 4.79 Å². The van der Waals surface area contributed by atoms with E-state index in [0.717, 1.165) is 108 Å². The van der Waals surface area contributed by atoms with E-state index < -0.39 is 5.60 Å². The molecule has 2 fully saturated rings. The van der Waals surface area contributed by atoms with Crippen LogP contribution in [0.2, 0.25) is 0 Å². The highest BCUT2D eigenvalue weighted by Crippen LogP contribution is 2.45. The molecule has 5 atom stereocenters. The predicted molar refractivity (Wildman–Crippen MR) is 294 cm³/mol. The van der Waals surface area contributed by atoms with E-state index >= 15 is 0 Å². The summed E-state index contributed by atoms with van der Waals surface area (Å²) in [6.45, 7) is 6.62. The number of aliphatic hydroxyl groups is 1. The lowest BCUT2D eigenvalue weighted by Crippen LogP contribution is -2.35. The molecule has 11 heteroatoms. The number of benzene rings is 6. The molecule has 2 aliphatic heterocycles. The highest BCUT2D eigenvalue weighted by atomic mass is 79.9. The summed E-state index contributed by atoms with van der Waals surface area (Å²) in [4.78, 5) is 12.6. The van der Waals surface area contributed by atoms with Crippen LogP contribution in [0.4, 0.5) is 0 Å². The minimum absolute atomic E-state index is 0. The summed E-state index contributed by atoms with van der Waals surface area (Å²) in [7, 11) is 0. The Labute approximate surface area is 442 Å². The Kier molecular flexibility index (Phi) is 26.1. The van der Waals surface area contributed by atoms with Crippen LogP contribution in [-0.2, 0) is 15.1 Å². The maximum absolute atomic E-state index is 12.6. The second kappa shape index (κ2) is 31.6.